The Morgan fingerprint density at radius 1 is 0.864 bits per heavy atom. The van der Waals surface area contributed by atoms with Gasteiger partial charge >= 0.3 is 15.5 Å². The third-order valence-corrected chi connectivity index (χ3v) is 4.19. The van der Waals surface area contributed by atoms with Gasteiger partial charge in [0.15, 0.2) is 0 Å². The zero-order chi connectivity index (χ0) is 16.2. The molecule has 0 radical (unpaired) electrons. The van der Waals surface area contributed by atoms with Crippen LogP contribution in [0.3, 0.4) is 0 Å². The Kier molecular flexibility index (Phi) is 4.75. The molecule has 118 valence electrons. The van der Waals surface area contributed by atoms with Crippen LogP contribution in [0.2, 0.25) is 0 Å². The van der Waals surface area contributed by atoms with Gasteiger partial charge < -0.3 is 0 Å². The lowest BCUT2D eigenvalue weighted by Gasteiger charge is -2.14. The molecule has 0 aliphatic heterocycles. The first kappa shape index (κ1) is 16.4. The van der Waals surface area contributed by atoms with E-state index in [1.165, 1.54) is 12.1 Å². The van der Waals surface area contributed by atoms with Gasteiger partial charge in [0, 0.05) is 0 Å². The summed E-state index contributed by atoms with van der Waals surface area (Å²) in [7, 11) is -5.41. The zero-order valence-electron chi connectivity index (χ0n) is 11.5. The SMILES string of the molecule is O=S(=O)(Nc1ccccc1CCc1ccccc1)C(F)(F)F. The molecule has 7 heteroatoms. The molecule has 2 rings (SSSR count). The van der Waals surface area contributed by atoms with Crippen molar-refractivity contribution in [3.05, 3.63) is 65.7 Å². The number of sulfonamides is 1. The number of hydrogen-bond donors (Lipinski definition) is 1. The summed E-state index contributed by atoms with van der Waals surface area (Å²) in [5, 5.41) is 0. The molecule has 22 heavy (non-hydrogen) atoms. The van der Waals surface area contributed by atoms with Crippen LogP contribution in [0.1, 0.15) is 11.1 Å². The van der Waals surface area contributed by atoms with Gasteiger partial charge in [-0.05, 0) is 30.0 Å². The second kappa shape index (κ2) is 6.39. The molecule has 0 aliphatic rings. The third-order valence-electron chi connectivity index (χ3n) is 3.09. The van der Waals surface area contributed by atoms with Crippen LogP contribution < -0.4 is 4.72 Å². The second-order valence-electron chi connectivity index (χ2n) is 4.69. The lowest BCUT2D eigenvalue weighted by molar-refractivity contribution is -0.0429. The maximum absolute atomic E-state index is 12.5. The topological polar surface area (TPSA) is 46.2 Å². The summed E-state index contributed by atoms with van der Waals surface area (Å²) in [6, 6.07) is 15.5. The highest BCUT2D eigenvalue weighted by molar-refractivity contribution is 7.93. The molecule has 2 aromatic rings. The summed E-state index contributed by atoms with van der Waals surface area (Å²) < 4.78 is 61.4. The first-order chi connectivity index (χ1) is 10.3. The van der Waals surface area contributed by atoms with Crippen LogP contribution >= 0.6 is 0 Å². The number of nitrogens with one attached hydrogen (secondary N) is 1. The van der Waals surface area contributed by atoms with Crippen molar-refractivity contribution in [1.29, 1.82) is 0 Å². The molecule has 0 amide bonds. The highest BCUT2D eigenvalue weighted by atomic mass is 32.2. The highest BCUT2D eigenvalue weighted by Crippen LogP contribution is 2.27. The summed E-state index contributed by atoms with van der Waals surface area (Å²) in [4.78, 5) is 0. The van der Waals surface area contributed by atoms with E-state index in [0.717, 1.165) is 5.56 Å². The van der Waals surface area contributed by atoms with E-state index < -0.39 is 15.5 Å². The minimum absolute atomic E-state index is 0.0456. The Balaban J connectivity index is 2.17. The monoisotopic (exact) mass is 329 g/mol. The van der Waals surface area contributed by atoms with E-state index in [4.69, 9.17) is 0 Å². The Morgan fingerprint density at radius 2 is 1.45 bits per heavy atom. The van der Waals surface area contributed by atoms with Crippen molar-refractivity contribution in [2.24, 2.45) is 0 Å². The molecule has 0 bridgehead atoms. The largest absolute Gasteiger partial charge is 0.516 e. The van der Waals surface area contributed by atoms with E-state index in [0.29, 0.717) is 18.4 Å². The van der Waals surface area contributed by atoms with Crippen molar-refractivity contribution in [3.63, 3.8) is 0 Å². The van der Waals surface area contributed by atoms with Crippen molar-refractivity contribution in [3.8, 4) is 0 Å². The van der Waals surface area contributed by atoms with Gasteiger partial charge in [0.05, 0.1) is 5.69 Å². The van der Waals surface area contributed by atoms with E-state index >= 15 is 0 Å². The minimum atomic E-state index is -5.41. The van der Waals surface area contributed by atoms with Crippen molar-refractivity contribution < 1.29 is 21.6 Å². The molecular formula is C15H14F3NO2S. The lowest BCUT2D eigenvalue weighted by atomic mass is 10.0. The summed E-state index contributed by atoms with van der Waals surface area (Å²) in [5.74, 6) is 0. The van der Waals surface area contributed by atoms with Gasteiger partial charge in [-0.25, -0.2) is 0 Å². The molecule has 0 heterocycles. The fourth-order valence-electron chi connectivity index (χ4n) is 1.96. The minimum Gasteiger partial charge on any atom is -0.276 e. The van der Waals surface area contributed by atoms with Crippen molar-refractivity contribution >= 4 is 15.7 Å². The summed E-state index contributed by atoms with van der Waals surface area (Å²) in [6.45, 7) is 0. The van der Waals surface area contributed by atoms with Crippen molar-refractivity contribution in [2.75, 3.05) is 4.72 Å². The van der Waals surface area contributed by atoms with Crippen LogP contribution in [0.25, 0.3) is 0 Å². The standard InChI is InChI=1S/C15H14F3NO2S/c16-15(17,18)22(20,21)19-14-9-5-4-8-13(14)11-10-12-6-2-1-3-7-12/h1-9,19H,10-11H2. The first-order valence-electron chi connectivity index (χ1n) is 6.50. The molecule has 0 saturated heterocycles. The van der Waals surface area contributed by atoms with Crippen molar-refractivity contribution in [1.82, 2.24) is 0 Å². The summed E-state index contributed by atoms with van der Waals surface area (Å²) in [5.41, 5.74) is -3.84. The number of anilines is 1. The quantitative estimate of drug-likeness (QED) is 0.908. The smallest absolute Gasteiger partial charge is 0.276 e. The van der Waals surface area contributed by atoms with Gasteiger partial charge in [-0.3, -0.25) is 4.72 Å². The highest BCUT2D eigenvalue weighted by Gasteiger charge is 2.46. The number of halogens is 3. The van der Waals surface area contributed by atoms with Crippen molar-refractivity contribution in [2.45, 2.75) is 18.3 Å². The Hall–Kier alpha value is -2.02. The summed E-state index contributed by atoms with van der Waals surface area (Å²) in [6.07, 6.45) is 1.03. The van der Waals surface area contributed by atoms with Gasteiger partial charge in [0.25, 0.3) is 0 Å². The molecule has 0 unspecified atom stereocenters. The number of alkyl halides is 3. The predicted molar refractivity (Wildman–Crippen MR) is 78.9 cm³/mol. The van der Waals surface area contributed by atoms with E-state index in [2.05, 4.69) is 0 Å². The van der Waals surface area contributed by atoms with Gasteiger partial charge in [-0.2, -0.15) is 21.6 Å². The first-order valence-corrected chi connectivity index (χ1v) is 7.99. The molecule has 3 nitrogen and oxygen atoms in total. The summed E-state index contributed by atoms with van der Waals surface area (Å²) >= 11 is 0. The van der Waals surface area contributed by atoms with E-state index in [1.54, 1.807) is 16.9 Å². The molecule has 0 saturated carbocycles. The van der Waals surface area contributed by atoms with Gasteiger partial charge in [-0.1, -0.05) is 48.5 Å². The Morgan fingerprint density at radius 3 is 2.09 bits per heavy atom. The normalized spacial score (nSPS) is 12.1. The maximum Gasteiger partial charge on any atom is 0.516 e. The van der Waals surface area contributed by atoms with Crippen LogP contribution in [0.15, 0.2) is 54.6 Å². The number of hydrogen-bond acceptors (Lipinski definition) is 2. The van der Waals surface area contributed by atoms with Crippen LogP contribution in [0, 0.1) is 0 Å². The molecule has 0 aromatic heterocycles. The zero-order valence-corrected chi connectivity index (χ0v) is 12.3. The Bertz CT molecular complexity index is 728. The third kappa shape index (κ3) is 4.00. The molecule has 0 fully saturated rings. The van der Waals surface area contributed by atoms with E-state index in [1.807, 2.05) is 30.3 Å². The Labute approximate surface area is 126 Å². The van der Waals surface area contributed by atoms with Gasteiger partial charge in [0.2, 0.25) is 0 Å². The van der Waals surface area contributed by atoms with Gasteiger partial charge in [-0.15, -0.1) is 0 Å². The number of para-hydroxylation sites is 1. The number of aryl methyl sites for hydroxylation is 2. The molecule has 0 aliphatic carbocycles. The van der Waals surface area contributed by atoms with Crippen LogP contribution in [0.5, 0.6) is 0 Å². The fraction of sp³-hybridized carbons (Fsp3) is 0.200. The molecule has 2 aromatic carbocycles. The second-order valence-corrected chi connectivity index (χ2v) is 6.37. The van der Waals surface area contributed by atoms with E-state index in [9.17, 15) is 21.6 Å². The number of rotatable bonds is 5. The number of benzene rings is 2. The average Bonchev–Trinajstić information content (AvgIpc) is 2.46. The molecule has 0 spiro atoms. The van der Waals surface area contributed by atoms with Crippen LogP contribution in [-0.2, 0) is 22.9 Å². The lowest BCUT2D eigenvalue weighted by Crippen LogP contribution is -2.30. The maximum atomic E-state index is 12.5. The molecule has 1 N–H and O–H groups in total. The van der Waals surface area contributed by atoms with Gasteiger partial charge in [0.1, 0.15) is 0 Å². The average molecular weight is 329 g/mol. The van der Waals surface area contributed by atoms with E-state index in [-0.39, 0.29) is 5.69 Å². The fourth-order valence-corrected chi connectivity index (χ4v) is 2.57. The predicted octanol–water partition coefficient (Wildman–Crippen LogP) is 3.73. The molecular weight excluding hydrogens is 315 g/mol. The van der Waals surface area contributed by atoms with Crippen LogP contribution in [-0.4, -0.2) is 13.9 Å². The van der Waals surface area contributed by atoms with Crippen LogP contribution in [0.4, 0.5) is 18.9 Å². The molecule has 0 atom stereocenters.